The number of aromatic carboxylic acids is 1. The second-order valence-corrected chi connectivity index (χ2v) is 6.66. The van der Waals surface area contributed by atoms with Gasteiger partial charge in [0.2, 0.25) is 0 Å². The van der Waals surface area contributed by atoms with Crippen LogP contribution in [-0.2, 0) is 19.4 Å². The molecule has 1 aliphatic rings. The molecule has 0 spiro atoms. The molecule has 2 aromatic carbocycles. The number of nitrogens with zero attached hydrogens (tertiary/aromatic N) is 1. The van der Waals surface area contributed by atoms with Crippen LogP contribution in [0.5, 0.6) is 0 Å². The molecular formula is C26H26N2O2. The number of fused-ring (bicyclic) bond motifs is 3. The number of carboxylic acids is 1. The zero-order chi connectivity index (χ0) is 22.1. The van der Waals surface area contributed by atoms with Crippen molar-refractivity contribution < 1.29 is 9.90 Å². The highest BCUT2D eigenvalue weighted by atomic mass is 16.4. The van der Waals surface area contributed by atoms with Crippen LogP contribution in [0.3, 0.4) is 0 Å². The van der Waals surface area contributed by atoms with Crippen LogP contribution >= 0.6 is 0 Å². The van der Waals surface area contributed by atoms with Gasteiger partial charge in [0.25, 0.3) is 0 Å². The summed E-state index contributed by atoms with van der Waals surface area (Å²) in [5, 5.41) is 16.8. The molecule has 0 saturated heterocycles. The average Bonchev–Trinajstić information content (AvgIpc) is 3.15. The Morgan fingerprint density at radius 2 is 1.83 bits per heavy atom. The smallest absolute Gasteiger partial charge is 0.335 e. The summed E-state index contributed by atoms with van der Waals surface area (Å²) in [6.45, 7) is 5.74. The Hall–Kier alpha value is -3.84. The van der Waals surface area contributed by atoms with Crippen molar-refractivity contribution in [2.45, 2.75) is 26.3 Å². The summed E-state index contributed by atoms with van der Waals surface area (Å²) >= 11 is 0. The van der Waals surface area contributed by atoms with Crippen LogP contribution in [0.25, 0.3) is 22.4 Å². The van der Waals surface area contributed by atoms with E-state index in [2.05, 4.69) is 48.3 Å². The summed E-state index contributed by atoms with van der Waals surface area (Å²) in [5.74, 6) is -0.929. The zero-order valence-electron chi connectivity index (χ0n) is 17.1. The largest absolute Gasteiger partial charge is 0.478 e. The molecule has 30 heavy (non-hydrogen) atoms. The van der Waals surface area contributed by atoms with Crippen molar-refractivity contribution in [3.63, 3.8) is 0 Å². The Labute approximate surface area is 178 Å². The van der Waals surface area contributed by atoms with Gasteiger partial charge < -0.3 is 15.1 Å². The summed E-state index contributed by atoms with van der Waals surface area (Å²) < 4.78 is 2.14. The van der Waals surface area contributed by atoms with Crippen molar-refractivity contribution in [1.82, 2.24) is 4.57 Å². The Bertz CT molecular complexity index is 1070. The fourth-order valence-corrected chi connectivity index (χ4v) is 3.70. The van der Waals surface area contributed by atoms with Gasteiger partial charge in [-0.2, -0.15) is 0 Å². The standard InChI is InChI=1S/C21H18N2O2.C3H6.C2H2/c22-10-11-23-19-9-8-14-4-1-2-7-17(14)18(19)13-20(23)15-5-3-6-16(12-15)21(24)25;1-3-2;1-2/h1-7,10,12-13,22H,8-9,11H2,(H,24,25);3H,1H2,2H3;1-2H. The maximum absolute atomic E-state index is 11.3. The Morgan fingerprint density at radius 1 is 1.13 bits per heavy atom. The molecule has 0 unspecified atom stereocenters. The minimum atomic E-state index is -0.929. The molecule has 0 amide bonds. The maximum Gasteiger partial charge on any atom is 0.335 e. The van der Waals surface area contributed by atoms with Crippen LogP contribution in [0.15, 0.2) is 67.3 Å². The molecule has 2 N–H and O–H groups in total. The summed E-state index contributed by atoms with van der Waals surface area (Å²) in [5.41, 5.74) is 7.11. The third-order valence-corrected chi connectivity index (χ3v) is 4.83. The van der Waals surface area contributed by atoms with Crippen LogP contribution in [0, 0.1) is 18.3 Å². The van der Waals surface area contributed by atoms with Gasteiger partial charge >= 0.3 is 5.97 Å². The lowest BCUT2D eigenvalue weighted by molar-refractivity contribution is 0.0697. The Balaban J connectivity index is 0.000000590. The molecule has 4 heteroatoms. The van der Waals surface area contributed by atoms with E-state index < -0.39 is 5.97 Å². The van der Waals surface area contributed by atoms with E-state index in [9.17, 15) is 9.90 Å². The molecule has 1 heterocycles. The number of carbonyl (C=O) groups is 1. The van der Waals surface area contributed by atoms with Crippen LogP contribution in [0.1, 0.15) is 28.5 Å². The van der Waals surface area contributed by atoms with Gasteiger partial charge in [-0.25, -0.2) is 4.79 Å². The van der Waals surface area contributed by atoms with E-state index >= 15 is 0 Å². The zero-order valence-corrected chi connectivity index (χ0v) is 17.1. The number of hydrogen-bond acceptors (Lipinski definition) is 2. The number of benzene rings is 2. The Morgan fingerprint density at radius 3 is 2.50 bits per heavy atom. The fourth-order valence-electron chi connectivity index (χ4n) is 3.70. The molecule has 3 aromatic rings. The van der Waals surface area contributed by atoms with Gasteiger partial charge in [-0.1, -0.05) is 42.5 Å². The number of allylic oxidation sites excluding steroid dienone is 1. The van der Waals surface area contributed by atoms with Gasteiger partial charge in [0, 0.05) is 23.2 Å². The first-order valence-electron chi connectivity index (χ1n) is 9.64. The lowest BCUT2D eigenvalue weighted by Gasteiger charge is -2.19. The van der Waals surface area contributed by atoms with E-state index in [0.717, 1.165) is 24.1 Å². The molecule has 0 bridgehead atoms. The van der Waals surface area contributed by atoms with Crippen LogP contribution < -0.4 is 0 Å². The first-order chi connectivity index (χ1) is 14.6. The molecule has 0 atom stereocenters. The molecule has 0 fully saturated rings. The summed E-state index contributed by atoms with van der Waals surface area (Å²) in [4.78, 5) is 11.3. The maximum atomic E-state index is 11.3. The van der Waals surface area contributed by atoms with Gasteiger partial charge in [0.15, 0.2) is 0 Å². The van der Waals surface area contributed by atoms with Crippen LogP contribution in [-0.4, -0.2) is 21.9 Å². The van der Waals surface area contributed by atoms with Crippen molar-refractivity contribution in [2.75, 3.05) is 0 Å². The van der Waals surface area contributed by atoms with E-state index in [1.165, 1.54) is 28.6 Å². The van der Waals surface area contributed by atoms with E-state index in [0.29, 0.717) is 6.54 Å². The van der Waals surface area contributed by atoms with Crippen LogP contribution in [0.2, 0.25) is 0 Å². The number of aromatic nitrogens is 1. The van der Waals surface area contributed by atoms with Crippen molar-refractivity contribution >= 4 is 12.2 Å². The van der Waals surface area contributed by atoms with Crippen molar-refractivity contribution in [1.29, 1.82) is 5.41 Å². The van der Waals surface area contributed by atoms with Crippen molar-refractivity contribution in [2.24, 2.45) is 0 Å². The SMILES string of the molecule is C#C.C=CC.N=CCn1c(-c2cccc(C(=O)O)c2)cc2c1CCc1ccccc1-2. The predicted molar refractivity (Wildman–Crippen MR) is 124 cm³/mol. The molecule has 4 rings (SSSR count). The predicted octanol–water partition coefficient (Wildman–Crippen LogP) is 5.71. The molecule has 4 nitrogen and oxygen atoms in total. The topological polar surface area (TPSA) is 66.1 Å². The lowest BCUT2D eigenvalue weighted by Crippen LogP contribution is -2.10. The molecule has 0 saturated carbocycles. The fraction of sp³-hybridized carbons (Fsp3) is 0.154. The highest BCUT2D eigenvalue weighted by Crippen LogP contribution is 2.38. The molecule has 152 valence electrons. The normalized spacial score (nSPS) is 10.8. The van der Waals surface area contributed by atoms with E-state index in [4.69, 9.17) is 5.41 Å². The highest BCUT2D eigenvalue weighted by molar-refractivity contribution is 5.90. The first kappa shape index (κ1) is 22.4. The second-order valence-electron chi connectivity index (χ2n) is 6.66. The average molecular weight is 399 g/mol. The van der Waals surface area contributed by atoms with Gasteiger partial charge in [-0.15, -0.1) is 19.4 Å². The number of terminal acetylenes is 1. The van der Waals surface area contributed by atoms with E-state index in [1.807, 2.05) is 19.1 Å². The monoisotopic (exact) mass is 398 g/mol. The van der Waals surface area contributed by atoms with Gasteiger partial charge in [-0.05, 0) is 54.7 Å². The second kappa shape index (κ2) is 10.6. The molecule has 1 aromatic heterocycles. The third kappa shape index (κ3) is 4.59. The third-order valence-electron chi connectivity index (χ3n) is 4.83. The van der Waals surface area contributed by atoms with Gasteiger partial charge in [0.05, 0.1) is 12.1 Å². The van der Waals surface area contributed by atoms with Crippen molar-refractivity contribution in [3.8, 4) is 35.2 Å². The number of nitrogens with one attached hydrogen (secondary N) is 1. The summed E-state index contributed by atoms with van der Waals surface area (Å²) in [6, 6.07) is 17.6. The first-order valence-corrected chi connectivity index (χ1v) is 9.64. The minimum absolute atomic E-state index is 0.276. The number of carboxylic acid groups (broad SMARTS) is 1. The van der Waals surface area contributed by atoms with E-state index in [-0.39, 0.29) is 5.56 Å². The summed E-state index contributed by atoms with van der Waals surface area (Å²) in [7, 11) is 0. The van der Waals surface area contributed by atoms with Gasteiger partial charge in [0.1, 0.15) is 0 Å². The lowest BCUT2D eigenvalue weighted by atomic mass is 9.90. The highest BCUT2D eigenvalue weighted by Gasteiger charge is 2.22. The quantitative estimate of drug-likeness (QED) is 0.336. The minimum Gasteiger partial charge on any atom is -0.478 e. The van der Waals surface area contributed by atoms with E-state index in [1.54, 1.807) is 24.3 Å². The van der Waals surface area contributed by atoms with Crippen LogP contribution in [0.4, 0.5) is 0 Å². The molecule has 0 radical (unpaired) electrons. The number of hydrogen-bond donors (Lipinski definition) is 2. The summed E-state index contributed by atoms with van der Waals surface area (Å²) in [6.07, 6.45) is 13.1. The van der Waals surface area contributed by atoms with Crippen molar-refractivity contribution in [3.05, 3.63) is 84.1 Å². The molecule has 1 aliphatic carbocycles. The number of rotatable bonds is 4. The van der Waals surface area contributed by atoms with Gasteiger partial charge in [-0.3, -0.25) is 0 Å². The Kier molecular flexibility index (Phi) is 7.96. The number of aryl methyl sites for hydroxylation is 1. The molecule has 0 aliphatic heterocycles. The molecular weight excluding hydrogens is 372 g/mol.